The van der Waals surface area contributed by atoms with Crippen molar-refractivity contribution in [1.82, 2.24) is 0 Å². The van der Waals surface area contributed by atoms with Crippen LogP contribution >= 0.6 is 0 Å². The van der Waals surface area contributed by atoms with Gasteiger partial charge < -0.3 is 0 Å². The Morgan fingerprint density at radius 1 is 1.17 bits per heavy atom. The van der Waals surface area contributed by atoms with Crippen molar-refractivity contribution in [2.75, 3.05) is 0 Å². The van der Waals surface area contributed by atoms with Crippen LogP contribution in [-0.4, -0.2) is 11.6 Å². The third-order valence-corrected chi connectivity index (χ3v) is 2.17. The fourth-order valence-electron chi connectivity index (χ4n) is 1.58. The summed E-state index contributed by atoms with van der Waals surface area (Å²) >= 11 is 0. The zero-order valence-corrected chi connectivity index (χ0v) is 7.54. The number of Topliss-reactive ketones (excluding diaryl/α,β-unsaturated/α-hetero) is 2. The van der Waals surface area contributed by atoms with Crippen LogP contribution in [0.1, 0.15) is 26.7 Å². The lowest BCUT2D eigenvalue weighted by Gasteiger charge is -2.14. The molecule has 0 amide bonds. The molecule has 0 heterocycles. The molecule has 1 aliphatic rings. The van der Waals surface area contributed by atoms with Crippen LogP contribution in [0, 0.1) is 11.8 Å². The van der Waals surface area contributed by atoms with E-state index in [0.717, 1.165) is 0 Å². The minimum atomic E-state index is -0.361. The molecule has 66 valence electrons. The summed E-state index contributed by atoms with van der Waals surface area (Å²) in [5, 5.41) is 0. The van der Waals surface area contributed by atoms with Gasteiger partial charge >= 0.3 is 0 Å². The number of ketones is 2. The maximum atomic E-state index is 11.4. The molecule has 0 aliphatic heterocycles. The van der Waals surface area contributed by atoms with Gasteiger partial charge in [0.15, 0.2) is 0 Å². The molecule has 0 aromatic rings. The van der Waals surface area contributed by atoms with E-state index in [2.05, 4.69) is 0 Å². The van der Waals surface area contributed by atoms with Gasteiger partial charge in [0, 0.05) is 12.8 Å². The molecule has 0 aromatic carbocycles. The summed E-state index contributed by atoms with van der Waals surface area (Å²) in [5.41, 5.74) is 0. The van der Waals surface area contributed by atoms with E-state index < -0.39 is 0 Å². The molecule has 0 bridgehead atoms. The molecule has 0 atom stereocenters. The van der Waals surface area contributed by atoms with Crippen LogP contribution in [0.3, 0.4) is 0 Å². The van der Waals surface area contributed by atoms with E-state index in [-0.39, 0.29) is 23.4 Å². The van der Waals surface area contributed by atoms with Crippen LogP contribution in [0.5, 0.6) is 0 Å². The van der Waals surface area contributed by atoms with E-state index in [4.69, 9.17) is 0 Å². The summed E-state index contributed by atoms with van der Waals surface area (Å²) in [5.74, 6) is -0.0719. The van der Waals surface area contributed by atoms with Gasteiger partial charge in [-0.2, -0.15) is 0 Å². The van der Waals surface area contributed by atoms with Crippen LogP contribution in [-0.2, 0) is 9.59 Å². The molecule has 0 saturated carbocycles. The standard InChI is InChI=1S/C10H14O2/c1-7(2)10-8(11)5-3-4-6-9(10)12/h3-4,7,10H,5-6H2,1-2H3. The second-order valence-corrected chi connectivity index (χ2v) is 3.53. The molecule has 0 radical (unpaired) electrons. The Labute approximate surface area is 72.7 Å². The lowest BCUT2D eigenvalue weighted by molar-refractivity contribution is -0.133. The lowest BCUT2D eigenvalue weighted by Crippen LogP contribution is -2.27. The Morgan fingerprint density at radius 2 is 1.58 bits per heavy atom. The highest BCUT2D eigenvalue weighted by Gasteiger charge is 2.28. The predicted molar refractivity (Wildman–Crippen MR) is 46.7 cm³/mol. The predicted octanol–water partition coefficient (Wildman–Crippen LogP) is 1.75. The van der Waals surface area contributed by atoms with Crippen molar-refractivity contribution in [1.29, 1.82) is 0 Å². The van der Waals surface area contributed by atoms with Crippen molar-refractivity contribution >= 4 is 11.6 Å². The zero-order chi connectivity index (χ0) is 9.14. The first-order valence-corrected chi connectivity index (χ1v) is 4.33. The van der Waals surface area contributed by atoms with Crippen molar-refractivity contribution in [2.45, 2.75) is 26.7 Å². The van der Waals surface area contributed by atoms with Gasteiger partial charge in [-0.15, -0.1) is 0 Å². The summed E-state index contributed by atoms with van der Waals surface area (Å²) in [6.07, 6.45) is 4.44. The second kappa shape index (κ2) is 3.65. The minimum Gasteiger partial charge on any atom is -0.299 e. The fraction of sp³-hybridized carbons (Fsp3) is 0.600. The molecule has 2 heteroatoms. The van der Waals surface area contributed by atoms with Gasteiger partial charge in [0.05, 0.1) is 5.92 Å². The van der Waals surface area contributed by atoms with E-state index in [1.165, 1.54) is 0 Å². The van der Waals surface area contributed by atoms with Crippen molar-refractivity contribution in [2.24, 2.45) is 11.8 Å². The van der Waals surface area contributed by atoms with Crippen molar-refractivity contribution in [3.8, 4) is 0 Å². The highest BCUT2D eigenvalue weighted by Crippen LogP contribution is 2.19. The molecule has 0 spiro atoms. The van der Waals surface area contributed by atoms with E-state index in [1.807, 2.05) is 13.8 Å². The van der Waals surface area contributed by atoms with Crippen molar-refractivity contribution in [3.05, 3.63) is 12.2 Å². The second-order valence-electron chi connectivity index (χ2n) is 3.53. The van der Waals surface area contributed by atoms with Crippen LogP contribution in [0.2, 0.25) is 0 Å². The molecule has 1 rings (SSSR count). The summed E-state index contributed by atoms with van der Waals surface area (Å²) < 4.78 is 0. The average molecular weight is 166 g/mol. The summed E-state index contributed by atoms with van der Waals surface area (Å²) in [7, 11) is 0. The molecular weight excluding hydrogens is 152 g/mol. The van der Waals surface area contributed by atoms with Gasteiger partial charge in [-0.05, 0) is 5.92 Å². The number of rotatable bonds is 1. The quantitative estimate of drug-likeness (QED) is 0.439. The van der Waals surface area contributed by atoms with E-state index in [1.54, 1.807) is 12.2 Å². The smallest absolute Gasteiger partial charge is 0.147 e. The molecule has 2 nitrogen and oxygen atoms in total. The Bertz CT molecular complexity index is 206. The molecular formula is C10H14O2. The summed E-state index contributed by atoms with van der Waals surface area (Å²) in [6, 6.07) is 0. The molecule has 0 unspecified atom stereocenters. The molecule has 1 aliphatic carbocycles. The van der Waals surface area contributed by atoms with Crippen LogP contribution in [0.15, 0.2) is 12.2 Å². The monoisotopic (exact) mass is 166 g/mol. The van der Waals surface area contributed by atoms with Crippen molar-refractivity contribution in [3.63, 3.8) is 0 Å². The first-order valence-electron chi connectivity index (χ1n) is 4.33. The molecule has 0 saturated heterocycles. The minimum absolute atomic E-state index is 0.0729. The zero-order valence-electron chi connectivity index (χ0n) is 7.54. The maximum Gasteiger partial charge on any atom is 0.147 e. The first kappa shape index (κ1) is 9.17. The normalized spacial score (nSPS) is 20.2. The largest absolute Gasteiger partial charge is 0.299 e. The maximum absolute atomic E-state index is 11.4. The molecule has 0 N–H and O–H groups in total. The SMILES string of the molecule is CC(C)C1C(=O)CC=CCC1=O. The van der Waals surface area contributed by atoms with E-state index in [9.17, 15) is 9.59 Å². The van der Waals surface area contributed by atoms with Gasteiger partial charge in [0.25, 0.3) is 0 Å². The summed E-state index contributed by atoms with van der Waals surface area (Å²) in [4.78, 5) is 22.8. The highest BCUT2D eigenvalue weighted by atomic mass is 16.1. The number of hydrogen-bond donors (Lipinski definition) is 0. The van der Waals surface area contributed by atoms with Crippen molar-refractivity contribution < 1.29 is 9.59 Å². The molecule has 0 fully saturated rings. The first-order chi connectivity index (χ1) is 5.63. The fourth-order valence-corrected chi connectivity index (χ4v) is 1.58. The molecule has 12 heavy (non-hydrogen) atoms. The number of carbonyl (C=O) groups is 2. The van der Waals surface area contributed by atoms with Gasteiger partial charge in [0.2, 0.25) is 0 Å². The third-order valence-electron chi connectivity index (χ3n) is 2.17. The topological polar surface area (TPSA) is 34.1 Å². The van der Waals surface area contributed by atoms with Gasteiger partial charge in [0.1, 0.15) is 11.6 Å². The Morgan fingerprint density at radius 3 is 1.92 bits per heavy atom. The number of allylic oxidation sites excluding steroid dienone is 2. The molecule has 0 aromatic heterocycles. The average Bonchev–Trinajstić information content (AvgIpc) is 2.11. The summed E-state index contributed by atoms with van der Waals surface area (Å²) in [6.45, 7) is 3.84. The van der Waals surface area contributed by atoms with Gasteiger partial charge in [-0.25, -0.2) is 0 Å². The number of hydrogen-bond acceptors (Lipinski definition) is 2. The lowest BCUT2D eigenvalue weighted by atomic mass is 9.86. The van der Waals surface area contributed by atoms with Crippen LogP contribution in [0.25, 0.3) is 0 Å². The van der Waals surface area contributed by atoms with Crippen LogP contribution in [0.4, 0.5) is 0 Å². The Kier molecular flexibility index (Phi) is 2.79. The van der Waals surface area contributed by atoms with E-state index in [0.29, 0.717) is 12.8 Å². The van der Waals surface area contributed by atoms with Crippen LogP contribution < -0.4 is 0 Å². The van der Waals surface area contributed by atoms with Gasteiger partial charge in [-0.1, -0.05) is 26.0 Å². The van der Waals surface area contributed by atoms with Gasteiger partial charge in [-0.3, -0.25) is 9.59 Å². The third kappa shape index (κ3) is 1.81. The van der Waals surface area contributed by atoms with E-state index >= 15 is 0 Å². The number of carbonyl (C=O) groups excluding carboxylic acids is 2. The Balaban J connectivity index is 2.81. The highest BCUT2D eigenvalue weighted by molar-refractivity contribution is 6.04. The Hall–Kier alpha value is -0.920.